The van der Waals surface area contributed by atoms with Crippen LogP contribution < -0.4 is 10.9 Å². The standard InChI is InChI=1S/C29H31FN6O/c1-3-34-16-14-29(15-17-34)18-31-28-26(27(33-35(28)19-29)21-8-10-22(30)11-9-21)23-12-13-25(37)36(32-23)24-7-5-4-6-20(24)2/h4-13,31H,3,14-19H2,1-2H3. The summed E-state index contributed by atoms with van der Waals surface area (Å²) in [5, 5.41) is 13.6. The average molecular weight is 499 g/mol. The van der Waals surface area contributed by atoms with Crippen LogP contribution in [0.2, 0.25) is 0 Å². The number of nitrogens with zero attached hydrogens (tertiary/aromatic N) is 5. The van der Waals surface area contributed by atoms with Crippen molar-refractivity contribution in [2.45, 2.75) is 33.2 Å². The number of benzene rings is 2. The number of anilines is 1. The lowest BCUT2D eigenvalue weighted by atomic mass is 9.77. The second kappa shape index (κ2) is 9.27. The first-order valence-electron chi connectivity index (χ1n) is 13.0. The molecule has 6 rings (SSSR count). The highest BCUT2D eigenvalue weighted by Gasteiger charge is 2.40. The molecular weight excluding hydrogens is 467 g/mol. The average Bonchev–Trinajstić information content (AvgIpc) is 3.28. The zero-order valence-electron chi connectivity index (χ0n) is 21.2. The Labute approximate surface area is 215 Å². The van der Waals surface area contributed by atoms with E-state index >= 15 is 0 Å². The summed E-state index contributed by atoms with van der Waals surface area (Å²) in [5.41, 5.74) is 4.67. The first-order chi connectivity index (χ1) is 18.0. The number of para-hydroxylation sites is 1. The molecule has 0 unspecified atom stereocenters. The van der Waals surface area contributed by atoms with Gasteiger partial charge in [-0.2, -0.15) is 14.9 Å². The molecule has 1 spiro atoms. The Hall–Kier alpha value is -3.78. The number of nitrogens with one attached hydrogen (secondary N) is 1. The van der Waals surface area contributed by atoms with E-state index < -0.39 is 0 Å². The van der Waals surface area contributed by atoms with Crippen LogP contribution in [0.3, 0.4) is 0 Å². The van der Waals surface area contributed by atoms with Crippen LogP contribution in [0.5, 0.6) is 0 Å². The molecule has 0 atom stereocenters. The SMILES string of the molecule is CCN1CCC2(CC1)CNc1c(-c3ccc(=O)n(-c4ccccc4C)n3)c(-c3ccc(F)cc3)nn1C2. The molecule has 2 aliphatic rings. The fourth-order valence-corrected chi connectivity index (χ4v) is 5.65. The minimum Gasteiger partial charge on any atom is -0.369 e. The van der Waals surface area contributed by atoms with Crippen molar-refractivity contribution in [2.75, 3.05) is 31.5 Å². The maximum Gasteiger partial charge on any atom is 0.271 e. The molecule has 1 N–H and O–H groups in total. The number of rotatable bonds is 4. The van der Waals surface area contributed by atoms with Gasteiger partial charge in [-0.3, -0.25) is 4.79 Å². The van der Waals surface area contributed by atoms with Gasteiger partial charge < -0.3 is 10.2 Å². The van der Waals surface area contributed by atoms with Crippen molar-refractivity contribution in [2.24, 2.45) is 5.41 Å². The van der Waals surface area contributed by atoms with Crippen LogP contribution in [0.4, 0.5) is 10.2 Å². The van der Waals surface area contributed by atoms with Gasteiger partial charge in [-0.25, -0.2) is 9.07 Å². The summed E-state index contributed by atoms with van der Waals surface area (Å²) >= 11 is 0. The topological polar surface area (TPSA) is 68.0 Å². The number of halogens is 1. The maximum atomic E-state index is 13.8. The minimum absolute atomic E-state index is 0.148. The van der Waals surface area contributed by atoms with E-state index in [2.05, 4.69) is 21.8 Å². The highest BCUT2D eigenvalue weighted by molar-refractivity contribution is 5.87. The molecule has 0 bridgehead atoms. The van der Waals surface area contributed by atoms with Gasteiger partial charge in [0, 0.05) is 23.6 Å². The Morgan fingerprint density at radius 1 is 1.00 bits per heavy atom. The summed E-state index contributed by atoms with van der Waals surface area (Å²) in [6.45, 7) is 9.13. The van der Waals surface area contributed by atoms with Gasteiger partial charge in [0.1, 0.15) is 17.3 Å². The third-order valence-electron chi connectivity index (χ3n) is 7.95. The Kier molecular flexibility index (Phi) is 5.91. The van der Waals surface area contributed by atoms with E-state index in [9.17, 15) is 9.18 Å². The number of piperidine rings is 1. The summed E-state index contributed by atoms with van der Waals surface area (Å²) in [4.78, 5) is 15.3. The van der Waals surface area contributed by atoms with Crippen LogP contribution in [-0.2, 0) is 6.54 Å². The zero-order chi connectivity index (χ0) is 25.6. The largest absolute Gasteiger partial charge is 0.369 e. The maximum absolute atomic E-state index is 13.8. The molecular formula is C29H31FN6O. The van der Waals surface area contributed by atoms with E-state index in [1.165, 1.54) is 16.8 Å². The smallest absolute Gasteiger partial charge is 0.271 e. The Bertz CT molecular complexity index is 1500. The van der Waals surface area contributed by atoms with Gasteiger partial charge in [0.2, 0.25) is 0 Å². The van der Waals surface area contributed by atoms with E-state index in [4.69, 9.17) is 10.2 Å². The molecule has 8 heteroatoms. The van der Waals surface area contributed by atoms with E-state index in [0.717, 1.165) is 79.5 Å². The van der Waals surface area contributed by atoms with Crippen LogP contribution in [0.1, 0.15) is 25.3 Å². The normalized spacial score (nSPS) is 16.9. The van der Waals surface area contributed by atoms with Gasteiger partial charge >= 0.3 is 0 Å². The fraction of sp³-hybridized carbons (Fsp3) is 0.345. The molecule has 0 amide bonds. The fourth-order valence-electron chi connectivity index (χ4n) is 5.65. The molecule has 0 saturated carbocycles. The quantitative estimate of drug-likeness (QED) is 0.440. The van der Waals surface area contributed by atoms with Crippen molar-refractivity contribution in [3.05, 3.63) is 82.4 Å². The molecule has 190 valence electrons. The monoisotopic (exact) mass is 498 g/mol. The van der Waals surface area contributed by atoms with Gasteiger partial charge in [-0.05, 0) is 81.4 Å². The Morgan fingerprint density at radius 3 is 2.49 bits per heavy atom. The minimum atomic E-state index is -0.291. The van der Waals surface area contributed by atoms with Crippen LogP contribution >= 0.6 is 0 Å². The molecule has 7 nitrogen and oxygen atoms in total. The van der Waals surface area contributed by atoms with E-state index in [1.807, 2.05) is 31.2 Å². The highest BCUT2D eigenvalue weighted by Crippen LogP contribution is 2.43. The van der Waals surface area contributed by atoms with Crippen molar-refractivity contribution >= 4 is 5.82 Å². The van der Waals surface area contributed by atoms with E-state index in [-0.39, 0.29) is 16.8 Å². The summed E-state index contributed by atoms with van der Waals surface area (Å²) < 4.78 is 17.3. The summed E-state index contributed by atoms with van der Waals surface area (Å²) in [6.07, 6.45) is 2.23. The lowest BCUT2D eigenvalue weighted by molar-refractivity contribution is 0.0921. The third kappa shape index (κ3) is 4.25. The molecule has 2 aromatic heterocycles. The molecule has 37 heavy (non-hydrogen) atoms. The third-order valence-corrected chi connectivity index (χ3v) is 7.95. The molecule has 4 aromatic rings. The summed E-state index contributed by atoms with van der Waals surface area (Å²) in [6, 6.07) is 17.4. The van der Waals surface area contributed by atoms with Crippen LogP contribution in [0.25, 0.3) is 28.2 Å². The van der Waals surface area contributed by atoms with Crippen molar-refractivity contribution in [3.8, 4) is 28.2 Å². The van der Waals surface area contributed by atoms with Gasteiger partial charge in [-0.1, -0.05) is 25.1 Å². The molecule has 4 heterocycles. The predicted molar refractivity (Wildman–Crippen MR) is 143 cm³/mol. The molecule has 2 aliphatic heterocycles. The highest BCUT2D eigenvalue weighted by atomic mass is 19.1. The number of hydrogen-bond acceptors (Lipinski definition) is 5. The molecule has 1 fully saturated rings. The Balaban J connectivity index is 1.48. The molecule has 0 aliphatic carbocycles. The predicted octanol–water partition coefficient (Wildman–Crippen LogP) is 4.74. The van der Waals surface area contributed by atoms with E-state index in [0.29, 0.717) is 5.69 Å². The molecule has 1 saturated heterocycles. The number of likely N-dealkylation sites (tertiary alicyclic amines) is 1. The molecule has 0 radical (unpaired) electrons. The van der Waals surface area contributed by atoms with Crippen molar-refractivity contribution < 1.29 is 4.39 Å². The van der Waals surface area contributed by atoms with E-state index in [1.54, 1.807) is 24.3 Å². The first-order valence-corrected chi connectivity index (χ1v) is 13.0. The number of fused-ring (bicyclic) bond motifs is 1. The number of hydrogen-bond donors (Lipinski definition) is 1. The van der Waals surface area contributed by atoms with Crippen LogP contribution in [0.15, 0.2) is 65.5 Å². The lowest BCUT2D eigenvalue weighted by Crippen LogP contribution is -2.48. The number of aryl methyl sites for hydroxylation is 1. The van der Waals surface area contributed by atoms with Crippen LogP contribution in [-0.4, -0.2) is 50.6 Å². The lowest BCUT2D eigenvalue weighted by Gasteiger charge is -2.44. The summed E-state index contributed by atoms with van der Waals surface area (Å²) in [5.74, 6) is 0.602. The van der Waals surface area contributed by atoms with Gasteiger partial charge in [0.25, 0.3) is 5.56 Å². The number of aromatic nitrogens is 4. The first kappa shape index (κ1) is 23.6. The second-order valence-electron chi connectivity index (χ2n) is 10.3. The van der Waals surface area contributed by atoms with Gasteiger partial charge in [0.05, 0.1) is 23.5 Å². The Morgan fingerprint density at radius 2 is 1.76 bits per heavy atom. The van der Waals surface area contributed by atoms with Crippen molar-refractivity contribution in [1.29, 1.82) is 0 Å². The molecule has 2 aromatic carbocycles. The second-order valence-corrected chi connectivity index (χ2v) is 10.3. The van der Waals surface area contributed by atoms with Crippen molar-refractivity contribution in [1.82, 2.24) is 24.5 Å². The zero-order valence-corrected chi connectivity index (χ0v) is 21.2. The van der Waals surface area contributed by atoms with Crippen LogP contribution in [0, 0.1) is 18.2 Å². The van der Waals surface area contributed by atoms with Gasteiger partial charge in [-0.15, -0.1) is 0 Å². The van der Waals surface area contributed by atoms with Crippen molar-refractivity contribution in [3.63, 3.8) is 0 Å². The van der Waals surface area contributed by atoms with Gasteiger partial charge in [0.15, 0.2) is 0 Å². The summed E-state index contributed by atoms with van der Waals surface area (Å²) in [7, 11) is 0.